The lowest BCUT2D eigenvalue weighted by Crippen LogP contribution is -2.36. The van der Waals surface area contributed by atoms with Crippen LogP contribution in [0, 0.1) is 6.92 Å². The number of aryl methyl sites for hydroxylation is 1. The fraction of sp³-hybridized carbons (Fsp3) is 0.391. The Hall–Kier alpha value is -3.46. The molecule has 3 rings (SSSR count). The number of carbonyl (C=O) groups excluding carboxylic acids is 1. The zero-order valence-corrected chi connectivity index (χ0v) is 19.2. The first-order valence-electron chi connectivity index (χ1n) is 10.1. The van der Waals surface area contributed by atoms with Gasteiger partial charge in [0.2, 0.25) is 5.88 Å². The fourth-order valence-electron chi connectivity index (χ4n) is 3.85. The third kappa shape index (κ3) is 4.16. The molecule has 2 aromatic rings. The molecule has 0 spiro atoms. The highest BCUT2D eigenvalue weighted by molar-refractivity contribution is 5.92. The topological polar surface area (TPSA) is 105 Å². The molecule has 2 N–H and O–H groups in total. The van der Waals surface area contributed by atoms with Gasteiger partial charge in [0, 0.05) is 30.4 Å². The summed E-state index contributed by atoms with van der Waals surface area (Å²) in [6.07, 6.45) is 0. The molecule has 1 aliphatic rings. The number of aromatic nitrogens is 1. The van der Waals surface area contributed by atoms with Gasteiger partial charge in [-0.2, -0.15) is 0 Å². The van der Waals surface area contributed by atoms with E-state index in [1.807, 2.05) is 25.9 Å². The van der Waals surface area contributed by atoms with Gasteiger partial charge in [-0.25, -0.2) is 4.79 Å². The van der Waals surface area contributed by atoms with Gasteiger partial charge in [0.15, 0.2) is 0 Å². The predicted octanol–water partition coefficient (Wildman–Crippen LogP) is 1.60. The van der Waals surface area contributed by atoms with Crippen LogP contribution in [0.3, 0.4) is 0 Å². The van der Waals surface area contributed by atoms with Crippen LogP contribution in [-0.2, 0) is 16.1 Å². The van der Waals surface area contributed by atoms with Crippen LogP contribution in [0.5, 0.6) is 17.2 Å². The number of esters is 1. The quantitative estimate of drug-likeness (QED) is 0.644. The molecule has 0 saturated heterocycles. The minimum absolute atomic E-state index is 0.0339. The standard InChI is InChI=1S/C23H29N3O6/c1-13-11-17-19(22(27)26(13)10-9-25(2)3)18(20(21(24)32-17)23(28)31-6)15-12-14(29-4)7-8-16(15)30-5/h7-8,11-12,18H,9-10,24H2,1-6H3. The molecule has 0 bridgehead atoms. The summed E-state index contributed by atoms with van der Waals surface area (Å²) < 4.78 is 23.3. The summed E-state index contributed by atoms with van der Waals surface area (Å²) in [5.74, 6) is -0.371. The molecule has 1 atom stereocenters. The largest absolute Gasteiger partial charge is 0.497 e. The summed E-state index contributed by atoms with van der Waals surface area (Å²) in [6.45, 7) is 2.96. The van der Waals surface area contributed by atoms with Crippen LogP contribution in [-0.4, -0.2) is 57.4 Å². The number of fused-ring (bicyclic) bond motifs is 1. The van der Waals surface area contributed by atoms with Crippen LogP contribution in [0.2, 0.25) is 0 Å². The van der Waals surface area contributed by atoms with E-state index >= 15 is 0 Å². The van der Waals surface area contributed by atoms with E-state index in [1.165, 1.54) is 21.3 Å². The van der Waals surface area contributed by atoms with Crippen molar-refractivity contribution in [2.45, 2.75) is 19.4 Å². The number of rotatable bonds is 7. The Morgan fingerprint density at radius 1 is 1.19 bits per heavy atom. The van der Waals surface area contributed by atoms with Crippen molar-refractivity contribution in [1.82, 2.24) is 9.47 Å². The fourth-order valence-corrected chi connectivity index (χ4v) is 3.85. The predicted molar refractivity (Wildman–Crippen MR) is 119 cm³/mol. The van der Waals surface area contributed by atoms with Crippen molar-refractivity contribution in [3.8, 4) is 17.2 Å². The minimum Gasteiger partial charge on any atom is -0.497 e. The second-order valence-electron chi connectivity index (χ2n) is 7.74. The van der Waals surface area contributed by atoms with Crippen molar-refractivity contribution in [1.29, 1.82) is 0 Å². The first-order chi connectivity index (χ1) is 15.2. The Bertz CT molecular complexity index is 1120. The van der Waals surface area contributed by atoms with Crippen molar-refractivity contribution in [2.75, 3.05) is 42.0 Å². The molecule has 0 saturated carbocycles. The highest BCUT2D eigenvalue weighted by Crippen LogP contribution is 2.45. The molecule has 1 aromatic heterocycles. The lowest BCUT2D eigenvalue weighted by Gasteiger charge is -2.30. The molecule has 9 nitrogen and oxygen atoms in total. The average molecular weight is 444 g/mol. The number of methoxy groups -OCH3 is 3. The summed E-state index contributed by atoms with van der Waals surface area (Å²) in [7, 11) is 8.17. The average Bonchev–Trinajstić information content (AvgIpc) is 2.76. The van der Waals surface area contributed by atoms with E-state index in [-0.39, 0.29) is 22.6 Å². The second-order valence-corrected chi connectivity index (χ2v) is 7.74. The van der Waals surface area contributed by atoms with E-state index in [4.69, 9.17) is 24.7 Å². The number of hydrogen-bond acceptors (Lipinski definition) is 8. The first kappa shape index (κ1) is 23.2. The molecule has 0 fully saturated rings. The highest BCUT2D eigenvalue weighted by atomic mass is 16.5. The molecule has 0 amide bonds. The van der Waals surface area contributed by atoms with Crippen molar-refractivity contribution in [3.05, 3.63) is 62.9 Å². The molecule has 1 aromatic carbocycles. The molecule has 32 heavy (non-hydrogen) atoms. The maximum atomic E-state index is 13.7. The molecule has 172 valence electrons. The van der Waals surface area contributed by atoms with Crippen molar-refractivity contribution in [2.24, 2.45) is 5.73 Å². The summed E-state index contributed by atoms with van der Waals surface area (Å²) in [5, 5.41) is 0. The van der Waals surface area contributed by atoms with Gasteiger partial charge >= 0.3 is 5.97 Å². The van der Waals surface area contributed by atoms with Gasteiger partial charge in [0.05, 0.1) is 32.8 Å². The molecule has 9 heteroatoms. The lowest BCUT2D eigenvalue weighted by molar-refractivity contribution is -0.136. The first-order valence-corrected chi connectivity index (χ1v) is 10.1. The van der Waals surface area contributed by atoms with Gasteiger partial charge in [-0.3, -0.25) is 4.79 Å². The van der Waals surface area contributed by atoms with Crippen LogP contribution in [0.1, 0.15) is 22.7 Å². The Kier molecular flexibility index (Phi) is 6.78. The van der Waals surface area contributed by atoms with Gasteiger partial charge in [-0.15, -0.1) is 0 Å². The summed E-state index contributed by atoms with van der Waals surface area (Å²) in [4.78, 5) is 28.5. The summed E-state index contributed by atoms with van der Waals surface area (Å²) in [5.41, 5.74) is 7.48. The number of ether oxygens (including phenoxy) is 4. The number of nitrogens with two attached hydrogens (primary N) is 1. The van der Waals surface area contributed by atoms with Crippen molar-refractivity contribution < 1.29 is 23.7 Å². The van der Waals surface area contributed by atoms with E-state index in [1.54, 1.807) is 28.8 Å². The monoisotopic (exact) mass is 443 g/mol. The number of benzene rings is 1. The Morgan fingerprint density at radius 2 is 1.91 bits per heavy atom. The van der Waals surface area contributed by atoms with Crippen LogP contribution >= 0.6 is 0 Å². The van der Waals surface area contributed by atoms with Gasteiger partial charge in [0.1, 0.15) is 22.8 Å². The molecule has 1 unspecified atom stereocenters. The molecule has 0 aliphatic carbocycles. The van der Waals surface area contributed by atoms with Crippen LogP contribution in [0.25, 0.3) is 0 Å². The zero-order chi connectivity index (χ0) is 23.6. The normalized spacial score (nSPS) is 15.3. The maximum Gasteiger partial charge on any atom is 0.340 e. The van der Waals surface area contributed by atoms with Gasteiger partial charge in [0.25, 0.3) is 5.56 Å². The van der Waals surface area contributed by atoms with Gasteiger partial charge < -0.3 is 34.1 Å². The SMILES string of the molecule is COC(=O)C1=C(N)Oc2cc(C)n(CCN(C)C)c(=O)c2C1c1cc(OC)ccc1OC. The third-order valence-electron chi connectivity index (χ3n) is 5.49. The number of nitrogens with zero attached hydrogens (tertiary/aromatic N) is 2. The van der Waals surface area contributed by atoms with E-state index in [0.29, 0.717) is 35.9 Å². The van der Waals surface area contributed by atoms with Gasteiger partial charge in [-0.1, -0.05) is 0 Å². The number of carbonyl (C=O) groups is 1. The number of pyridine rings is 1. The van der Waals surface area contributed by atoms with E-state index < -0.39 is 11.9 Å². The summed E-state index contributed by atoms with van der Waals surface area (Å²) in [6, 6.07) is 6.93. The number of likely N-dealkylation sites (N-methyl/N-ethyl adjacent to an activating group) is 1. The molecular formula is C23H29N3O6. The van der Waals surface area contributed by atoms with E-state index in [0.717, 1.165) is 5.69 Å². The Labute approximate surface area is 186 Å². The van der Waals surface area contributed by atoms with E-state index in [2.05, 4.69) is 0 Å². The molecule has 2 heterocycles. The van der Waals surface area contributed by atoms with Gasteiger partial charge in [-0.05, 0) is 39.2 Å². The van der Waals surface area contributed by atoms with Crippen LogP contribution in [0.4, 0.5) is 0 Å². The lowest BCUT2D eigenvalue weighted by atomic mass is 9.82. The summed E-state index contributed by atoms with van der Waals surface area (Å²) >= 11 is 0. The smallest absolute Gasteiger partial charge is 0.340 e. The Morgan fingerprint density at radius 3 is 2.50 bits per heavy atom. The van der Waals surface area contributed by atoms with Crippen molar-refractivity contribution in [3.63, 3.8) is 0 Å². The Balaban J connectivity index is 2.35. The highest BCUT2D eigenvalue weighted by Gasteiger charge is 2.39. The molecule has 0 radical (unpaired) electrons. The minimum atomic E-state index is -0.866. The third-order valence-corrected chi connectivity index (χ3v) is 5.49. The van der Waals surface area contributed by atoms with Crippen LogP contribution < -0.4 is 25.5 Å². The molecular weight excluding hydrogens is 414 g/mol. The zero-order valence-electron chi connectivity index (χ0n) is 19.2. The second kappa shape index (κ2) is 9.35. The van der Waals surface area contributed by atoms with Crippen LogP contribution in [0.15, 0.2) is 40.5 Å². The maximum absolute atomic E-state index is 13.7. The molecule has 1 aliphatic heterocycles. The number of hydrogen-bond donors (Lipinski definition) is 1. The van der Waals surface area contributed by atoms with Crippen molar-refractivity contribution >= 4 is 5.97 Å². The van der Waals surface area contributed by atoms with E-state index in [9.17, 15) is 9.59 Å².